The fraction of sp³-hybridized carbons (Fsp3) is 0.105. The van der Waals surface area contributed by atoms with Crippen LogP contribution in [0.3, 0.4) is 0 Å². The Balaban J connectivity index is 1.75. The first-order chi connectivity index (χ1) is 12.1. The Morgan fingerprint density at radius 2 is 1.76 bits per heavy atom. The van der Waals surface area contributed by atoms with Gasteiger partial charge in [-0.2, -0.15) is 0 Å². The fourth-order valence-corrected chi connectivity index (χ4v) is 2.61. The van der Waals surface area contributed by atoms with Crippen LogP contribution >= 0.6 is 0 Å². The highest BCUT2D eigenvalue weighted by Crippen LogP contribution is 2.27. The van der Waals surface area contributed by atoms with Gasteiger partial charge in [-0.25, -0.2) is 10.2 Å². The molecule has 0 aliphatic rings. The second-order valence-electron chi connectivity index (χ2n) is 5.63. The summed E-state index contributed by atoms with van der Waals surface area (Å²) in [5.74, 6) is 4.60. The molecule has 0 saturated heterocycles. The number of rotatable bonds is 5. The van der Waals surface area contributed by atoms with Crippen LogP contribution in [0.1, 0.15) is 29.1 Å². The van der Waals surface area contributed by atoms with Gasteiger partial charge in [0.1, 0.15) is 5.82 Å². The Morgan fingerprint density at radius 1 is 1.08 bits per heavy atom. The first-order valence-corrected chi connectivity index (χ1v) is 7.79. The number of hydrogen-bond acceptors (Lipinski definition) is 4. The van der Waals surface area contributed by atoms with Crippen LogP contribution in [0, 0.1) is 5.82 Å². The minimum absolute atomic E-state index is 0.0268. The van der Waals surface area contributed by atoms with E-state index in [1.165, 1.54) is 18.4 Å². The molecule has 0 bridgehead atoms. The summed E-state index contributed by atoms with van der Waals surface area (Å²) in [5, 5.41) is 3.35. The van der Waals surface area contributed by atoms with Gasteiger partial charge in [-0.3, -0.25) is 10.2 Å². The number of hydrogen-bond donors (Lipinski definition) is 3. The predicted octanol–water partition coefficient (Wildman–Crippen LogP) is 3.86. The zero-order valence-corrected chi connectivity index (χ0v) is 13.6. The van der Waals surface area contributed by atoms with Gasteiger partial charge in [0.15, 0.2) is 5.76 Å². The smallest absolute Gasteiger partial charge is 0.301 e. The number of benzene rings is 2. The zero-order chi connectivity index (χ0) is 17.8. The summed E-state index contributed by atoms with van der Waals surface area (Å²) in [6, 6.07) is 15.7. The van der Waals surface area contributed by atoms with Gasteiger partial charge >= 0.3 is 5.91 Å². The Morgan fingerprint density at radius 3 is 2.40 bits per heavy atom. The molecule has 0 fully saturated rings. The van der Waals surface area contributed by atoms with Crippen LogP contribution in [-0.4, -0.2) is 5.91 Å². The van der Waals surface area contributed by atoms with Crippen molar-refractivity contribution in [3.05, 3.63) is 78.0 Å². The minimum atomic E-state index is -0.480. The van der Waals surface area contributed by atoms with E-state index >= 15 is 0 Å². The molecule has 25 heavy (non-hydrogen) atoms. The van der Waals surface area contributed by atoms with E-state index in [1.807, 2.05) is 31.2 Å². The molecule has 0 aliphatic carbocycles. The van der Waals surface area contributed by atoms with Gasteiger partial charge in [0, 0.05) is 17.3 Å². The Kier molecular flexibility index (Phi) is 4.81. The van der Waals surface area contributed by atoms with Gasteiger partial charge in [0.25, 0.3) is 0 Å². The molecule has 128 valence electrons. The molecular formula is C19H18FN3O2. The number of hydrazine groups is 1. The van der Waals surface area contributed by atoms with E-state index in [-0.39, 0.29) is 17.6 Å². The summed E-state index contributed by atoms with van der Waals surface area (Å²) < 4.78 is 18.2. The third-order valence-electron chi connectivity index (χ3n) is 3.95. The largest absolute Gasteiger partial charge is 0.458 e. The molecule has 3 rings (SSSR count). The fourth-order valence-electron chi connectivity index (χ4n) is 2.61. The van der Waals surface area contributed by atoms with Gasteiger partial charge in [-0.05, 0) is 48.4 Å². The van der Waals surface area contributed by atoms with E-state index in [1.54, 1.807) is 18.2 Å². The summed E-state index contributed by atoms with van der Waals surface area (Å²) in [7, 11) is 0. The van der Waals surface area contributed by atoms with Crippen molar-refractivity contribution in [1.82, 2.24) is 5.43 Å². The molecule has 1 amide bonds. The zero-order valence-electron chi connectivity index (χ0n) is 13.6. The number of carbonyl (C=O) groups is 1. The molecule has 0 saturated carbocycles. The maximum Gasteiger partial charge on any atom is 0.301 e. The van der Waals surface area contributed by atoms with Gasteiger partial charge in [-0.15, -0.1) is 0 Å². The van der Waals surface area contributed by atoms with Crippen LogP contribution in [0.25, 0.3) is 11.1 Å². The topological polar surface area (TPSA) is 80.3 Å². The summed E-state index contributed by atoms with van der Waals surface area (Å²) in [5.41, 5.74) is 5.47. The van der Waals surface area contributed by atoms with Crippen molar-refractivity contribution in [2.24, 2.45) is 5.84 Å². The Bertz CT molecular complexity index is 857. The molecule has 0 spiro atoms. The SMILES string of the molecule is C[C@H](Nc1ccc(-c2ccoc2C(=O)NN)cc1)c1ccc(F)cc1. The standard InChI is InChI=1S/C19H18FN3O2/c1-12(13-2-6-15(20)7-3-13)22-16-8-4-14(5-9-16)17-10-11-25-18(17)19(24)23-21/h2-12,22H,21H2,1H3,(H,23,24)/t12-/m0/s1. The van der Waals surface area contributed by atoms with Crippen molar-refractivity contribution < 1.29 is 13.6 Å². The third-order valence-corrected chi connectivity index (χ3v) is 3.95. The van der Waals surface area contributed by atoms with Gasteiger partial charge < -0.3 is 9.73 Å². The quantitative estimate of drug-likeness (QED) is 0.374. The number of carbonyl (C=O) groups excluding carboxylic acids is 1. The molecule has 5 nitrogen and oxygen atoms in total. The van der Waals surface area contributed by atoms with Gasteiger partial charge in [-0.1, -0.05) is 24.3 Å². The van der Waals surface area contributed by atoms with Crippen molar-refractivity contribution in [3.63, 3.8) is 0 Å². The summed E-state index contributed by atoms with van der Waals surface area (Å²) in [6.07, 6.45) is 1.45. The lowest BCUT2D eigenvalue weighted by Gasteiger charge is -2.16. The molecule has 0 aliphatic heterocycles. The van der Waals surface area contributed by atoms with E-state index in [4.69, 9.17) is 10.3 Å². The normalized spacial score (nSPS) is 11.8. The highest BCUT2D eigenvalue weighted by atomic mass is 19.1. The van der Waals surface area contributed by atoms with Crippen molar-refractivity contribution in [3.8, 4) is 11.1 Å². The number of nitrogens with two attached hydrogens (primary N) is 1. The Hall–Kier alpha value is -3.12. The highest BCUT2D eigenvalue weighted by molar-refractivity contribution is 5.97. The molecule has 1 aromatic heterocycles. The first-order valence-electron chi connectivity index (χ1n) is 7.79. The van der Waals surface area contributed by atoms with Gasteiger partial charge in [0.2, 0.25) is 0 Å². The van der Waals surface area contributed by atoms with Crippen LogP contribution in [-0.2, 0) is 0 Å². The van der Waals surface area contributed by atoms with Crippen molar-refractivity contribution in [2.75, 3.05) is 5.32 Å². The number of nitrogens with one attached hydrogen (secondary N) is 2. The van der Waals surface area contributed by atoms with Crippen LogP contribution < -0.4 is 16.6 Å². The summed E-state index contributed by atoms with van der Waals surface area (Å²) >= 11 is 0. The second-order valence-corrected chi connectivity index (χ2v) is 5.63. The number of amides is 1. The maximum absolute atomic E-state index is 13.0. The van der Waals surface area contributed by atoms with Crippen LogP contribution in [0.2, 0.25) is 0 Å². The van der Waals surface area contributed by atoms with Crippen molar-refractivity contribution >= 4 is 11.6 Å². The molecule has 4 N–H and O–H groups in total. The third kappa shape index (κ3) is 3.70. The van der Waals surface area contributed by atoms with Crippen molar-refractivity contribution in [2.45, 2.75) is 13.0 Å². The van der Waals surface area contributed by atoms with Gasteiger partial charge in [0.05, 0.1) is 6.26 Å². The minimum Gasteiger partial charge on any atom is -0.458 e. The van der Waals surface area contributed by atoms with E-state index in [2.05, 4.69) is 10.7 Å². The number of halogens is 1. The average Bonchev–Trinajstić information content (AvgIpc) is 3.12. The number of furan rings is 1. The average molecular weight is 339 g/mol. The lowest BCUT2D eigenvalue weighted by molar-refractivity contribution is 0.0927. The number of anilines is 1. The lowest BCUT2D eigenvalue weighted by Crippen LogP contribution is -2.29. The molecular weight excluding hydrogens is 321 g/mol. The molecule has 1 heterocycles. The first kappa shape index (κ1) is 16.7. The van der Waals surface area contributed by atoms with Crippen LogP contribution in [0.15, 0.2) is 65.3 Å². The predicted molar refractivity (Wildman–Crippen MR) is 94.2 cm³/mol. The summed E-state index contributed by atoms with van der Waals surface area (Å²) in [4.78, 5) is 11.7. The Labute approximate surface area is 144 Å². The molecule has 0 radical (unpaired) electrons. The molecule has 6 heteroatoms. The monoisotopic (exact) mass is 339 g/mol. The van der Waals surface area contributed by atoms with E-state index < -0.39 is 5.91 Å². The molecule has 0 unspecified atom stereocenters. The van der Waals surface area contributed by atoms with Crippen LogP contribution in [0.4, 0.5) is 10.1 Å². The molecule has 1 atom stereocenters. The molecule has 2 aromatic carbocycles. The van der Waals surface area contributed by atoms with E-state index in [0.29, 0.717) is 5.56 Å². The van der Waals surface area contributed by atoms with E-state index in [0.717, 1.165) is 16.8 Å². The highest BCUT2D eigenvalue weighted by Gasteiger charge is 2.15. The maximum atomic E-state index is 13.0. The lowest BCUT2D eigenvalue weighted by atomic mass is 10.0. The van der Waals surface area contributed by atoms with Crippen LogP contribution in [0.5, 0.6) is 0 Å². The molecule has 3 aromatic rings. The number of nitrogen functional groups attached to an aromatic ring is 1. The van der Waals surface area contributed by atoms with E-state index in [9.17, 15) is 9.18 Å². The second kappa shape index (κ2) is 7.19. The summed E-state index contributed by atoms with van der Waals surface area (Å²) in [6.45, 7) is 2.00. The van der Waals surface area contributed by atoms with Crippen molar-refractivity contribution in [1.29, 1.82) is 0 Å².